The zero-order valence-corrected chi connectivity index (χ0v) is 6.99. The lowest BCUT2D eigenvalue weighted by molar-refractivity contribution is -0.314. The molecule has 0 bridgehead atoms. The van der Waals surface area contributed by atoms with Gasteiger partial charge in [-0.3, -0.25) is 4.79 Å². The molecule has 0 aromatic carbocycles. The predicted molar refractivity (Wildman–Crippen MR) is 40.3 cm³/mol. The summed E-state index contributed by atoms with van der Waals surface area (Å²) in [6.07, 6.45) is -0.0157. The van der Waals surface area contributed by atoms with Crippen molar-refractivity contribution in [3.63, 3.8) is 0 Å². The molecule has 0 aliphatic heterocycles. The first kappa shape index (κ1) is 13.9. The van der Waals surface area contributed by atoms with E-state index in [2.05, 4.69) is 4.74 Å². The van der Waals surface area contributed by atoms with Crippen LogP contribution in [0, 0.1) is 0 Å². The van der Waals surface area contributed by atoms with E-state index in [1.165, 1.54) is 7.11 Å². The van der Waals surface area contributed by atoms with Crippen LogP contribution in [0.25, 0.3) is 0 Å². The summed E-state index contributed by atoms with van der Waals surface area (Å²) in [6.45, 7) is 0. The monoisotopic (exact) mass is 181 g/mol. The molecule has 6 nitrogen and oxygen atoms in total. The van der Waals surface area contributed by atoms with E-state index in [-0.39, 0.29) is 25.4 Å². The standard InChI is InChI=1S/C6H12O5.H3N/c1-11-5(7)3-2-4-6(8,9)10;/h8-10H,2-4H2,1H3;1H3. The summed E-state index contributed by atoms with van der Waals surface area (Å²) in [5, 5.41) is 25.1. The molecule has 0 heterocycles. The Morgan fingerprint density at radius 3 is 2.25 bits per heavy atom. The molecule has 0 unspecified atom stereocenters. The number of hydrogen-bond acceptors (Lipinski definition) is 6. The van der Waals surface area contributed by atoms with E-state index in [0.717, 1.165) is 0 Å². The summed E-state index contributed by atoms with van der Waals surface area (Å²) in [6, 6.07) is 0. The van der Waals surface area contributed by atoms with Crippen LogP contribution in [0.4, 0.5) is 0 Å². The zero-order chi connectivity index (χ0) is 8.91. The highest BCUT2D eigenvalue weighted by molar-refractivity contribution is 5.68. The normalized spacial score (nSPS) is 10.3. The summed E-state index contributed by atoms with van der Waals surface area (Å²) in [7, 11) is 1.24. The van der Waals surface area contributed by atoms with Crippen molar-refractivity contribution in [2.75, 3.05) is 7.11 Å². The average Bonchev–Trinajstić information content (AvgIpc) is 1.85. The lowest BCUT2D eigenvalue weighted by Crippen LogP contribution is -2.26. The lowest BCUT2D eigenvalue weighted by Gasteiger charge is -2.12. The largest absolute Gasteiger partial charge is 0.469 e. The fourth-order valence-corrected chi connectivity index (χ4v) is 0.572. The highest BCUT2D eigenvalue weighted by atomic mass is 16.7. The predicted octanol–water partition coefficient (Wildman–Crippen LogP) is -0.878. The first-order valence-electron chi connectivity index (χ1n) is 3.19. The molecule has 0 rings (SSSR count). The van der Waals surface area contributed by atoms with Gasteiger partial charge in [0.15, 0.2) is 0 Å². The summed E-state index contributed by atoms with van der Waals surface area (Å²) in [5.74, 6) is -3.11. The van der Waals surface area contributed by atoms with Gasteiger partial charge in [0.05, 0.1) is 7.11 Å². The summed E-state index contributed by atoms with van der Waals surface area (Å²) in [4.78, 5) is 10.4. The molecule has 0 saturated heterocycles. The third-order valence-corrected chi connectivity index (χ3v) is 1.12. The maximum absolute atomic E-state index is 10.4. The van der Waals surface area contributed by atoms with Crippen LogP contribution in [-0.2, 0) is 9.53 Å². The number of aliphatic hydroxyl groups is 3. The fourth-order valence-electron chi connectivity index (χ4n) is 0.572. The van der Waals surface area contributed by atoms with Gasteiger partial charge in [-0.1, -0.05) is 0 Å². The highest BCUT2D eigenvalue weighted by Crippen LogP contribution is 2.06. The summed E-state index contributed by atoms with van der Waals surface area (Å²) >= 11 is 0. The second-order valence-corrected chi connectivity index (χ2v) is 2.20. The number of methoxy groups -OCH3 is 1. The fraction of sp³-hybridized carbons (Fsp3) is 0.833. The molecule has 0 radical (unpaired) electrons. The molecule has 74 valence electrons. The first-order chi connectivity index (χ1) is 4.95. The zero-order valence-electron chi connectivity index (χ0n) is 6.99. The van der Waals surface area contributed by atoms with Crippen molar-refractivity contribution in [3.05, 3.63) is 0 Å². The van der Waals surface area contributed by atoms with Gasteiger partial charge < -0.3 is 26.2 Å². The molecule has 12 heavy (non-hydrogen) atoms. The number of rotatable bonds is 4. The van der Waals surface area contributed by atoms with Gasteiger partial charge in [0, 0.05) is 12.8 Å². The van der Waals surface area contributed by atoms with Crippen LogP contribution >= 0.6 is 0 Å². The number of carbonyl (C=O) groups excluding carboxylic acids is 1. The van der Waals surface area contributed by atoms with E-state index in [0.29, 0.717) is 0 Å². The minimum absolute atomic E-state index is 0. The van der Waals surface area contributed by atoms with E-state index in [1.54, 1.807) is 0 Å². The molecule has 0 aliphatic carbocycles. The van der Waals surface area contributed by atoms with Crippen LogP contribution in [0.1, 0.15) is 19.3 Å². The average molecular weight is 181 g/mol. The first-order valence-corrected chi connectivity index (χ1v) is 3.19. The Bertz CT molecular complexity index is 130. The highest BCUT2D eigenvalue weighted by Gasteiger charge is 2.17. The molecule has 6 N–H and O–H groups in total. The Balaban J connectivity index is 0. The Morgan fingerprint density at radius 2 is 1.92 bits per heavy atom. The van der Waals surface area contributed by atoms with E-state index >= 15 is 0 Å². The van der Waals surface area contributed by atoms with Gasteiger partial charge in [-0.05, 0) is 6.42 Å². The molecular weight excluding hydrogens is 166 g/mol. The molecule has 0 aromatic rings. The SMILES string of the molecule is COC(=O)CCCC(O)(O)O.N. The van der Waals surface area contributed by atoms with Gasteiger partial charge in [0.1, 0.15) is 0 Å². The minimum atomic E-state index is -2.67. The number of hydrogen-bond donors (Lipinski definition) is 4. The van der Waals surface area contributed by atoms with Gasteiger partial charge in [-0.2, -0.15) is 0 Å². The summed E-state index contributed by atoms with van der Waals surface area (Å²) in [5.41, 5.74) is 0. The molecule has 0 spiro atoms. The van der Waals surface area contributed by atoms with Crippen molar-refractivity contribution < 1.29 is 24.9 Å². The van der Waals surface area contributed by atoms with Crippen molar-refractivity contribution >= 4 is 5.97 Å². The molecule has 0 aliphatic rings. The van der Waals surface area contributed by atoms with E-state index in [4.69, 9.17) is 15.3 Å². The van der Waals surface area contributed by atoms with Crippen molar-refractivity contribution in [1.29, 1.82) is 0 Å². The van der Waals surface area contributed by atoms with Crippen LogP contribution < -0.4 is 6.15 Å². The van der Waals surface area contributed by atoms with Crippen molar-refractivity contribution in [3.8, 4) is 0 Å². The third-order valence-electron chi connectivity index (χ3n) is 1.12. The molecular formula is C6H15NO5. The molecule has 0 aromatic heterocycles. The number of esters is 1. The van der Waals surface area contributed by atoms with Gasteiger partial charge >= 0.3 is 5.97 Å². The van der Waals surface area contributed by atoms with Gasteiger partial charge in [-0.25, -0.2) is 0 Å². The van der Waals surface area contributed by atoms with E-state index in [9.17, 15) is 4.79 Å². The number of carbonyl (C=O) groups is 1. The van der Waals surface area contributed by atoms with Crippen molar-refractivity contribution in [1.82, 2.24) is 6.15 Å². The second-order valence-electron chi connectivity index (χ2n) is 2.20. The van der Waals surface area contributed by atoms with Gasteiger partial charge in [-0.15, -0.1) is 0 Å². The molecule has 0 atom stereocenters. The Kier molecular flexibility index (Phi) is 6.82. The van der Waals surface area contributed by atoms with E-state index < -0.39 is 11.9 Å². The van der Waals surface area contributed by atoms with Crippen LogP contribution in [-0.4, -0.2) is 34.4 Å². The molecule has 6 heteroatoms. The smallest absolute Gasteiger partial charge is 0.305 e. The minimum Gasteiger partial charge on any atom is -0.469 e. The Labute approximate surface area is 70.4 Å². The second kappa shape index (κ2) is 5.90. The molecule has 0 saturated carbocycles. The van der Waals surface area contributed by atoms with E-state index in [1.807, 2.05) is 0 Å². The van der Waals surface area contributed by atoms with Crippen molar-refractivity contribution in [2.24, 2.45) is 0 Å². The van der Waals surface area contributed by atoms with Crippen LogP contribution in [0.15, 0.2) is 0 Å². The molecule has 0 amide bonds. The van der Waals surface area contributed by atoms with Crippen LogP contribution in [0.2, 0.25) is 0 Å². The van der Waals surface area contributed by atoms with Crippen LogP contribution in [0.3, 0.4) is 0 Å². The quantitative estimate of drug-likeness (QED) is 0.330. The van der Waals surface area contributed by atoms with Gasteiger partial charge in [0.2, 0.25) is 0 Å². The Hall–Kier alpha value is -0.690. The maximum Gasteiger partial charge on any atom is 0.305 e. The van der Waals surface area contributed by atoms with Crippen molar-refractivity contribution in [2.45, 2.75) is 25.2 Å². The number of ether oxygens (including phenoxy) is 1. The van der Waals surface area contributed by atoms with Gasteiger partial charge in [0.25, 0.3) is 5.97 Å². The van der Waals surface area contributed by atoms with Crippen LogP contribution in [0.5, 0.6) is 0 Å². The maximum atomic E-state index is 10.4. The third kappa shape index (κ3) is 9.31. The summed E-state index contributed by atoms with van der Waals surface area (Å²) < 4.78 is 4.28. The lowest BCUT2D eigenvalue weighted by atomic mass is 10.2. The Morgan fingerprint density at radius 1 is 1.42 bits per heavy atom. The molecule has 0 fully saturated rings. The topological polar surface area (TPSA) is 122 Å².